The first-order valence-corrected chi connectivity index (χ1v) is 4.22. The van der Waals surface area contributed by atoms with Crippen LogP contribution in [-0.4, -0.2) is 0 Å². The molecule has 0 aliphatic carbocycles. The zero-order valence-electron chi connectivity index (χ0n) is 7.80. The Morgan fingerprint density at radius 2 is 1.75 bits per heavy atom. The topological polar surface area (TPSA) is 0 Å². The van der Waals surface area contributed by atoms with E-state index in [-0.39, 0.29) is 0 Å². The highest BCUT2D eigenvalue weighted by molar-refractivity contribution is 5.25. The van der Waals surface area contributed by atoms with Gasteiger partial charge in [-0.15, -0.1) is 0 Å². The zero-order valence-corrected chi connectivity index (χ0v) is 7.80. The van der Waals surface area contributed by atoms with Crippen molar-refractivity contribution in [3.63, 3.8) is 0 Å². The second-order valence-electron chi connectivity index (χ2n) is 3.22. The van der Waals surface area contributed by atoms with E-state index in [1.54, 1.807) is 0 Å². The predicted molar refractivity (Wildman–Crippen MR) is 53.9 cm³/mol. The first kappa shape index (κ1) is 9.05. The van der Waals surface area contributed by atoms with E-state index in [1.165, 1.54) is 17.1 Å². The SMILES string of the molecule is C=C(C)[C](C)Cc1ccccc1. The molecule has 0 aromatic heterocycles. The highest BCUT2D eigenvalue weighted by atomic mass is 14.1. The van der Waals surface area contributed by atoms with Crippen molar-refractivity contribution >= 4 is 0 Å². The van der Waals surface area contributed by atoms with Crippen LogP contribution in [0.1, 0.15) is 19.4 Å². The van der Waals surface area contributed by atoms with Crippen LogP contribution in [0, 0.1) is 5.92 Å². The minimum atomic E-state index is 1.02. The van der Waals surface area contributed by atoms with Gasteiger partial charge in [0.25, 0.3) is 0 Å². The van der Waals surface area contributed by atoms with Crippen molar-refractivity contribution in [1.29, 1.82) is 0 Å². The van der Waals surface area contributed by atoms with Crippen molar-refractivity contribution in [2.24, 2.45) is 0 Å². The van der Waals surface area contributed by atoms with Crippen molar-refractivity contribution in [3.8, 4) is 0 Å². The Bertz CT molecular complexity index is 246. The maximum absolute atomic E-state index is 3.91. The molecule has 0 unspecified atom stereocenters. The monoisotopic (exact) mass is 159 g/mol. The van der Waals surface area contributed by atoms with E-state index >= 15 is 0 Å². The second-order valence-corrected chi connectivity index (χ2v) is 3.22. The van der Waals surface area contributed by atoms with Crippen molar-refractivity contribution in [1.82, 2.24) is 0 Å². The lowest BCUT2D eigenvalue weighted by molar-refractivity contribution is 0.976. The standard InChI is InChI=1S/C12H15/c1-10(2)11(3)9-12-7-5-4-6-8-12/h4-8H,1,9H2,2-3H3. The van der Waals surface area contributed by atoms with E-state index in [9.17, 15) is 0 Å². The third-order valence-electron chi connectivity index (χ3n) is 2.04. The van der Waals surface area contributed by atoms with Crippen LogP contribution in [0.15, 0.2) is 42.5 Å². The number of benzene rings is 1. The Hall–Kier alpha value is -1.04. The van der Waals surface area contributed by atoms with Gasteiger partial charge in [-0.05, 0) is 18.9 Å². The van der Waals surface area contributed by atoms with E-state index in [0.29, 0.717) is 0 Å². The molecule has 0 atom stereocenters. The van der Waals surface area contributed by atoms with Crippen LogP contribution in [0.3, 0.4) is 0 Å². The summed E-state index contributed by atoms with van der Waals surface area (Å²) in [6.45, 7) is 8.10. The summed E-state index contributed by atoms with van der Waals surface area (Å²) in [6.07, 6.45) is 1.02. The first-order valence-electron chi connectivity index (χ1n) is 4.22. The normalized spacial score (nSPS) is 10.2. The number of allylic oxidation sites excluding steroid dienone is 1. The van der Waals surface area contributed by atoms with Crippen LogP contribution in [-0.2, 0) is 6.42 Å². The highest BCUT2D eigenvalue weighted by Crippen LogP contribution is 2.16. The van der Waals surface area contributed by atoms with E-state index < -0.39 is 0 Å². The van der Waals surface area contributed by atoms with E-state index in [2.05, 4.69) is 44.7 Å². The van der Waals surface area contributed by atoms with E-state index in [1.807, 2.05) is 6.07 Å². The Morgan fingerprint density at radius 3 is 2.25 bits per heavy atom. The molecule has 12 heavy (non-hydrogen) atoms. The van der Waals surface area contributed by atoms with Crippen LogP contribution in [0.2, 0.25) is 0 Å². The quantitative estimate of drug-likeness (QED) is 0.634. The molecule has 0 saturated heterocycles. The van der Waals surface area contributed by atoms with Gasteiger partial charge in [-0.2, -0.15) is 0 Å². The van der Waals surface area contributed by atoms with Gasteiger partial charge in [0, 0.05) is 5.92 Å². The Kier molecular flexibility index (Phi) is 3.09. The summed E-state index contributed by atoms with van der Waals surface area (Å²) in [5.41, 5.74) is 2.54. The summed E-state index contributed by atoms with van der Waals surface area (Å²) >= 11 is 0. The molecule has 0 spiro atoms. The lowest BCUT2D eigenvalue weighted by atomic mass is 9.96. The third kappa shape index (κ3) is 2.54. The van der Waals surface area contributed by atoms with E-state index in [4.69, 9.17) is 0 Å². The number of hydrogen-bond donors (Lipinski definition) is 0. The second kappa shape index (κ2) is 4.10. The molecule has 0 bridgehead atoms. The third-order valence-corrected chi connectivity index (χ3v) is 2.04. The van der Waals surface area contributed by atoms with Gasteiger partial charge < -0.3 is 0 Å². The molecule has 63 valence electrons. The molecule has 1 radical (unpaired) electrons. The molecular formula is C12H15. The van der Waals surface area contributed by atoms with Crippen molar-refractivity contribution in [2.75, 3.05) is 0 Å². The fraction of sp³-hybridized carbons (Fsp3) is 0.250. The summed E-state index contributed by atoms with van der Waals surface area (Å²) in [4.78, 5) is 0. The molecule has 0 amide bonds. The molecule has 0 saturated carbocycles. The maximum atomic E-state index is 3.91. The molecule has 0 N–H and O–H groups in total. The van der Waals surface area contributed by atoms with Crippen LogP contribution < -0.4 is 0 Å². The van der Waals surface area contributed by atoms with Crippen LogP contribution in [0.25, 0.3) is 0 Å². The van der Waals surface area contributed by atoms with Gasteiger partial charge in [-0.3, -0.25) is 0 Å². The molecule has 1 aromatic carbocycles. The predicted octanol–water partition coefficient (Wildman–Crippen LogP) is 3.40. The maximum Gasteiger partial charge on any atom is 0.00124 e. The molecule has 0 heterocycles. The van der Waals surface area contributed by atoms with Gasteiger partial charge in [0.2, 0.25) is 0 Å². The molecule has 0 fully saturated rings. The lowest BCUT2D eigenvalue weighted by Gasteiger charge is -2.09. The average Bonchev–Trinajstić information content (AvgIpc) is 2.06. The van der Waals surface area contributed by atoms with Crippen molar-refractivity contribution < 1.29 is 0 Å². The summed E-state index contributed by atoms with van der Waals surface area (Å²) in [6, 6.07) is 10.5. The summed E-state index contributed by atoms with van der Waals surface area (Å²) in [7, 11) is 0. The lowest BCUT2D eigenvalue weighted by Crippen LogP contribution is -1.97. The molecule has 0 aliphatic heterocycles. The fourth-order valence-electron chi connectivity index (χ4n) is 1.05. The Morgan fingerprint density at radius 1 is 1.17 bits per heavy atom. The average molecular weight is 159 g/mol. The van der Waals surface area contributed by atoms with Crippen LogP contribution in [0.5, 0.6) is 0 Å². The summed E-state index contributed by atoms with van der Waals surface area (Å²) < 4.78 is 0. The minimum absolute atomic E-state index is 1.02. The summed E-state index contributed by atoms with van der Waals surface area (Å²) in [5.74, 6) is 1.36. The van der Waals surface area contributed by atoms with Gasteiger partial charge in [-0.25, -0.2) is 0 Å². The van der Waals surface area contributed by atoms with E-state index in [0.717, 1.165) is 6.42 Å². The Labute approximate surface area is 74.9 Å². The first-order chi connectivity index (χ1) is 5.70. The highest BCUT2D eigenvalue weighted by Gasteiger charge is 2.03. The Balaban J connectivity index is 2.58. The van der Waals surface area contributed by atoms with Crippen molar-refractivity contribution in [3.05, 3.63) is 54.0 Å². The van der Waals surface area contributed by atoms with Gasteiger partial charge >= 0.3 is 0 Å². The van der Waals surface area contributed by atoms with Crippen LogP contribution >= 0.6 is 0 Å². The number of rotatable bonds is 3. The van der Waals surface area contributed by atoms with Crippen LogP contribution in [0.4, 0.5) is 0 Å². The van der Waals surface area contributed by atoms with Gasteiger partial charge in [0.1, 0.15) is 0 Å². The van der Waals surface area contributed by atoms with Crippen molar-refractivity contribution in [2.45, 2.75) is 20.3 Å². The molecular weight excluding hydrogens is 144 g/mol. The molecule has 1 aromatic rings. The molecule has 0 nitrogen and oxygen atoms in total. The minimum Gasteiger partial charge on any atom is -0.0995 e. The van der Waals surface area contributed by atoms with Gasteiger partial charge in [-0.1, -0.05) is 49.4 Å². The smallest absolute Gasteiger partial charge is 0.00124 e. The molecule has 0 heteroatoms. The summed E-state index contributed by atoms with van der Waals surface area (Å²) in [5, 5.41) is 0. The zero-order chi connectivity index (χ0) is 8.97. The fourth-order valence-corrected chi connectivity index (χ4v) is 1.05. The molecule has 1 rings (SSSR count). The number of hydrogen-bond acceptors (Lipinski definition) is 0. The molecule has 0 aliphatic rings. The van der Waals surface area contributed by atoms with Gasteiger partial charge in [0.05, 0.1) is 0 Å². The largest absolute Gasteiger partial charge is 0.0995 e. The van der Waals surface area contributed by atoms with Gasteiger partial charge in [0.15, 0.2) is 0 Å².